The predicted molar refractivity (Wildman–Crippen MR) is 97.0 cm³/mol. The van der Waals surface area contributed by atoms with Crippen molar-refractivity contribution in [3.05, 3.63) is 59.4 Å². The molecule has 0 radical (unpaired) electrons. The minimum atomic E-state index is -1.03. The molecule has 0 saturated heterocycles. The second-order valence-corrected chi connectivity index (χ2v) is 6.02. The van der Waals surface area contributed by atoms with Crippen LogP contribution in [0, 0.1) is 5.82 Å². The number of oxime groups is 1. The van der Waals surface area contributed by atoms with Crippen molar-refractivity contribution in [1.82, 2.24) is 0 Å². The summed E-state index contributed by atoms with van der Waals surface area (Å²) in [5.41, 5.74) is 1.53. The molecule has 0 bridgehead atoms. The van der Waals surface area contributed by atoms with Crippen LogP contribution >= 0.6 is 0 Å². The number of fused-ring (bicyclic) bond motifs is 1. The van der Waals surface area contributed by atoms with E-state index in [1.54, 1.807) is 25.1 Å². The van der Waals surface area contributed by atoms with Gasteiger partial charge in [0.05, 0.1) is 5.71 Å². The summed E-state index contributed by atoms with van der Waals surface area (Å²) in [6.07, 6.45) is -1.03. The van der Waals surface area contributed by atoms with Crippen molar-refractivity contribution >= 4 is 17.5 Å². The highest BCUT2D eigenvalue weighted by Crippen LogP contribution is 2.32. The Morgan fingerprint density at radius 3 is 2.54 bits per heavy atom. The number of carbonyl (C=O) groups excluding carboxylic acids is 2. The Morgan fingerprint density at radius 1 is 1.11 bits per heavy atom. The molecule has 1 atom stereocenters. The first-order valence-electron chi connectivity index (χ1n) is 8.50. The van der Waals surface area contributed by atoms with Crippen LogP contribution in [0.3, 0.4) is 0 Å². The number of hydrogen-bond donors (Lipinski definition) is 0. The maximum absolute atomic E-state index is 12.9. The first-order chi connectivity index (χ1) is 13.4. The normalized spacial score (nSPS) is 13.8. The summed E-state index contributed by atoms with van der Waals surface area (Å²) >= 11 is 0. The van der Waals surface area contributed by atoms with Gasteiger partial charge in [0.15, 0.2) is 17.6 Å². The molecular formula is C20H18FNO6. The molecule has 0 spiro atoms. The maximum atomic E-state index is 12.9. The Morgan fingerprint density at radius 2 is 1.79 bits per heavy atom. The number of Topliss-reactive ketones (excluding diaryl/α,β-unsaturated/α-hetero) is 1. The molecule has 146 valence electrons. The van der Waals surface area contributed by atoms with Gasteiger partial charge in [0.2, 0.25) is 19.2 Å². The molecule has 1 aliphatic rings. The number of nitrogens with zero attached hydrogens (tertiary/aromatic N) is 1. The zero-order valence-corrected chi connectivity index (χ0v) is 15.3. The fraction of sp³-hybridized carbons (Fsp3) is 0.250. The minimum absolute atomic E-state index is 0.173. The summed E-state index contributed by atoms with van der Waals surface area (Å²) in [5.74, 6) is -0.371. The van der Waals surface area contributed by atoms with Crippen molar-refractivity contribution in [3.8, 4) is 11.5 Å². The third-order valence-electron chi connectivity index (χ3n) is 3.98. The molecule has 1 aliphatic heterocycles. The number of halogens is 1. The van der Waals surface area contributed by atoms with Gasteiger partial charge in [-0.2, -0.15) is 0 Å². The summed E-state index contributed by atoms with van der Waals surface area (Å²) in [7, 11) is 0. The lowest BCUT2D eigenvalue weighted by Gasteiger charge is -2.12. The van der Waals surface area contributed by atoms with Gasteiger partial charge in [-0.15, -0.1) is 0 Å². The first kappa shape index (κ1) is 19.3. The number of esters is 1. The molecule has 0 aliphatic carbocycles. The van der Waals surface area contributed by atoms with Crippen LogP contribution in [0.2, 0.25) is 0 Å². The van der Waals surface area contributed by atoms with Crippen LogP contribution in [0.1, 0.15) is 29.8 Å². The SMILES string of the molecule is C/C(=N/OCC(=O)O[C@@H](C)C(=O)c1ccc(F)cc1)c1ccc2c(c1)OCO2. The van der Waals surface area contributed by atoms with E-state index in [1.165, 1.54) is 31.2 Å². The molecule has 7 nitrogen and oxygen atoms in total. The molecule has 2 aromatic rings. The highest BCUT2D eigenvalue weighted by atomic mass is 19.1. The van der Waals surface area contributed by atoms with Crippen molar-refractivity contribution in [2.45, 2.75) is 20.0 Å². The summed E-state index contributed by atoms with van der Waals surface area (Å²) < 4.78 is 28.5. The minimum Gasteiger partial charge on any atom is -0.454 e. The van der Waals surface area contributed by atoms with Gasteiger partial charge in [0, 0.05) is 11.1 Å². The molecule has 0 fully saturated rings. The van der Waals surface area contributed by atoms with Crippen LogP contribution in [-0.2, 0) is 14.4 Å². The van der Waals surface area contributed by atoms with E-state index in [1.807, 2.05) is 0 Å². The van der Waals surface area contributed by atoms with E-state index in [2.05, 4.69) is 5.16 Å². The van der Waals surface area contributed by atoms with Gasteiger partial charge >= 0.3 is 5.97 Å². The summed E-state index contributed by atoms with van der Waals surface area (Å²) in [4.78, 5) is 29.0. The summed E-state index contributed by atoms with van der Waals surface area (Å²) in [6, 6.07) is 10.3. The average molecular weight is 387 g/mol. The first-order valence-corrected chi connectivity index (χ1v) is 8.50. The van der Waals surface area contributed by atoms with E-state index in [-0.39, 0.29) is 12.4 Å². The van der Waals surface area contributed by atoms with Crippen molar-refractivity contribution in [2.24, 2.45) is 5.16 Å². The smallest absolute Gasteiger partial charge is 0.347 e. The lowest BCUT2D eigenvalue weighted by atomic mass is 10.1. The van der Waals surface area contributed by atoms with Gasteiger partial charge in [-0.05, 0) is 56.3 Å². The molecule has 0 aromatic heterocycles. The lowest BCUT2D eigenvalue weighted by molar-refractivity contribution is -0.151. The number of benzene rings is 2. The summed E-state index contributed by atoms with van der Waals surface area (Å²) in [5, 5.41) is 3.87. The Balaban J connectivity index is 1.50. The third-order valence-corrected chi connectivity index (χ3v) is 3.98. The maximum Gasteiger partial charge on any atom is 0.347 e. The summed E-state index contributed by atoms with van der Waals surface area (Å²) in [6.45, 7) is 2.86. The van der Waals surface area contributed by atoms with Crippen molar-refractivity contribution in [3.63, 3.8) is 0 Å². The zero-order chi connectivity index (χ0) is 20.1. The van der Waals surface area contributed by atoms with E-state index in [9.17, 15) is 14.0 Å². The number of ketones is 1. The van der Waals surface area contributed by atoms with Gasteiger partial charge < -0.3 is 19.0 Å². The predicted octanol–water partition coefficient (Wildman–Crippen LogP) is 3.11. The van der Waals surface area contributed by atoms with Gasteiger partial charge in [-0.3, -0.25) is 4.79 Å². The number of carbonyl (C=O) groups is 2. The average Bonchev–Trinajstić information content (AvgIpc) is 3.15. The van der Waals surface area contributed by atoms with E-state index in [0.717, 1.165) is 5.56 Å². The lowest BCUT2D eigenvalue weighted by Crippen LogP contribution is -2.26. The van der Waals surface area contributed by atoms with Crippen LogP contribution < -0.4 is 9.47 Å². The highest BCUT2D eigenvalue weighted by molar-refractivity contribution is 6.00. The number of rotatable bonds is 7. The Bertz CT molecular complexity index is 909. The van der Waals surface area contributed by atoms with Crippen LogP contribution in [0.4, 0.5) is 4.39 Å². The van der Waals surface area contributed by atoms with Crippen LogP contribution in [-0.4, -0.2) is 37.0 Å². The van der Waals surface area contributed by atoms with Crippen LogP contribution in [0.25, 0.3) is 0 Å². The Labute approximate surface area is 160 Å². The molecule has 8 heteroatoms. The van der Waals surface area contributed by atoms with E-state index >= 15 is 0 Å². The van der Waals surface area contributed by atoms with Crippen molar-refractivity contribution in [1.29, 1.82) is 0 Å². The van der Waals surface area contributed by atoms with Gasteiger partial charge in [-0.25, -0.2) is 9.18 Å². The molecule has 28 heavy (non-hydrogen) atoms. The Kier molecular flexibility index (Phi) is 5.88. The second-order valence-electron chi connectivity index (χ2n) is 6.02. The number of hydrogen-bond acceptors (Lipinski definition) is 7. The molecule has 0 saturated carbocycles. The fourth-order valence-electron chi connectivity index (χ4n) is 2.49. The molecule has 0 N–H and O–H groups in total. The monoisotopic (exact) mass is 387 g/mol. The van der Waals surface area contributed by atoms with Crippen LogP contribution in [0.5, 0.6) is 11.5 Å². The molecule has 0 unspecified atom stereocenters. The van der Waals surface area contributed by atoms with Crippen molar-refractivity contribution in [2.75, 3.05) is 13.4 Å². The largest absolute Gasteiger partial charge is 0.454 e. The number of ether oxygens (including phenoxy) is 3. The topological polar surface area (TPSA) is 83.4 Å². The Hall–Kier alpha value is -3.42. The molecular weight excluding hydrogens is 369 g/mol. The van der Waals surface area contributed by atoms with E-state index in [0.29, 0.717) is 17.2 Å². The van der Waals surface area contributed by atoms with Crippen LogP contribution in [0.15, 0.2) is 47.6 Å². The third kappa shape index (κ3) is 4.64. The molecule has 1 heterocycles. The van der Waals surface area contributed by atoms with Gasteiger partial charge in [0.1, 0.15) is 5.82 Å². The molecule has 3 rings (SSSR count). The van der Waals surface area contributed by atoms with Gasteiger partial charge in [0.25, 0.3) is 0 Å². The second kappa shape index (κ2) is 8.51. The zero-order valence-electron chi connectivity index (χ0n) is 15.3. The standard InChI is InChI=1S/C20H18FNO6/c1-12(15-5-8-17-18(9-15)26-11-25-17)22-27-10-19(23)28-13(2)20(24)14-3-6-16(21)7-4-14/h3-9,13H,10-11H2,1-2H3/b22-12-/t13-/m0/s1. The van der Waals surface area contributed by atoms with Gasteiger partial charge in [-0.1, -0.05) is 5.16 Å². The molecule has 2 aromatic carbocycles. The molecule has 0 amide bonds. The quantitative estimate of drug-likeness (QED) is 0.314. The van der Waals surface area contributed by atoms with Crippen molar-refractivity contribution < 1.29 is 33.0 Å². The highest BCUT2D eigenvalue weighted by Gasteiger charge is 2.20. The van der Waals surface area contributed by atoms with E-state index < -0.39 is 30.3 Å². The fourth-order valence-corrected chi connectivity index (χ4v) is 2.49. The van der Waals surface area contributed by atoms with E-state index in [4.69, 9.17) is 19.0 Å².